The van der Waals surface area contributed by atoms with E-state index >= 15 is 0 Å². The van der Waals surface area contributed by atoms with E-state index in [4.69, 9.17) is 0 Å². The van der Waals surface area contributed by atoms with Gasteiger partial charge in [-0.15, -0.1) is 0 Å². The zero-order valence-corrected chi connectivity index (χ0v) is 17.0. The van der Waals surface area contributed by atoms with Crippen LogP contribution in [0.3, 0.4) is 0 Å². The molecule has 148 valence electrons. The number of pyridine rings is 2. The van der Waals surface area contributed by atoms with Gasteiger partial charge in [-0.2, -0.15) is 10.2 Å². The summed E-state index contributed by atoms with van der Waals surface area (Å²) in [7, 11) is 0. The van der Waals surface area contributed by atoms with Crippen molar-refractivity contribution in [1.82, 2.24) is 20.2 Å². The fraction of sp³-hybridized carbons (Fsp3) is 0. The predicted octanol–water partition coefficient (Wildman–Crippen LogP) is 6.75. The van der Waals surface area contributed by atoms with Gasteiger partial charge in [0.25, 0.3) is 0 Å². The van der Waals surface area contributed by atoms with E-state index in [1.54, 1.807) is 0 Å². The van der Waals surface area contributed by atoms with Crippen molar-refractivity contribution in [2.75, 3.05) is 0 Å². The molecule has 0 spiro atoms. The minimum absolute atomic E-state index is 0.974. The molecular formula is C28H16N4. The third-order valence-corrected chi connectivity index (χ3v) is 6.27. The number of hydrogen-bond donors (Lipinski definition) is 0. The summed E-state index contributed by atoms with van der Waals surface area (Å²) in [5, 5.41) is 19.3. The fourth-order valence-electron chi connectivity index (χ4n) is 4.83. The largest absolute Gasteiger partial charge is 0.256 e. The highest BCUT2D eigenvalue weighted by molar-refractivity contribution is 6.22. The van der Waals surface area contributed by atoms with Crippen molar-refractivity contribution in [3.63, 3.8) is 0 Å². The molecule has 3 heterocycles. The zero-order chi connectivity index (χ0) is 21.1. The highest BCUT2D eigenvalue weighted by Gasteiger charge is 2.09. The van der Waals surface area contributed by atoms with Crippen molar-refractivity contribution in [3.8, 4) is 0 Å². The standard InChI is InChI=1S/2C14H8N2/c1-3-11-14-10(6-8-15-11)2-4-12-13(14)9(1)5-7-16-12;1-2-9-4-5-11-8-15-16-12-7-6-10(3-1)13(9)14(11)12/h2*1-8H. The lowest BCUT2D eigenvalue weighted by Gasteiger charge is -2.08. The van der Waals surface area contributed by atoms with Gasteiger partial charge in [-0.3, -0.25) is 9.97 Å². The minimum atomic E-state index is 0.974. The lowest BCUT2D eigenvalue weighted by atomic mass is 9.98. The van der Waals surface area contributed by atoms with Gasteiger partial charge in [0.15, 0.2) is 0 Å². The molecular weight excluding hydrogens is 392 g/mol. The van der Waals surface area contributed by atoms with Gasteiger partial charge in [-0.05, 0) is 57.3 Å². The highest BCUT2D eigenvalue weighted by atomic mass is 15.1. The van der Waals surface area contributed by atoms with Crippen LogP contribution >= 0.6 is 0 Å². The second kappa shape index (κ2) is 6.53. The van der Waals surface area contributed by atoms with Crippen LogP contribution in [0.2, 0.25) is 0 Å². The molecule has 0 bridgehead atoms. The van der Waals surface area contributed by atoms with Crippen molar-refractivity contribution in [3.05, 3.63) is 97.5 Å². The highest BCUT2D eigenvalue weighted by Crippen LogP contribution is 2.33. The SMILES string of the molecule is c1cc2ccc3cnnc4ccc(c1)c2c34.c1cc2ccc3nccc4ccc(n1)c2c43. The molecule has 0 aliphatic carbocycles. The van der Waals surface area contributed by atoms with Crippen molar-refractivity contribution in [2.45, 2.75) is 0 Å². The Bertz CT molecular complexity index is 1490. The normalized spacial score (nSPS) is 11.8. The summed E-state index contributed by atoms with van der Waals surface area (Å²) in [5.41, 5.74) is 3.06. The number of nitrogens with zero attached hydrogens (tertiary/aromatic N) is 4. The predicted molar refractivity (Wildman–Crippen MR) is 131 cm³/mol. The van der Waals surface area contributed by atoms with E-state index in [0.29, 0.717) is 0 Å². The van der Waals surface area contributed by atoms with Gasteiger partial charge < -0.3 is 0 Å². The molecule has 0 N–H and O–H groups in total. The fourth-order valence-corrected chi connectivity index (χ4v) is 4.83. The molecule has 0 fully saturated rings. The van der Waals surface area contributed by atoms with E-state index in [9.17, 15) is 0 Å². The summed E-state index contributed by atoms with van der Waals surface area (Å²) in [4.78, 5) is 8.81. The molecule has 8 rings (SSSR count). The first kappa shape index (κ1) is 17.3. The molecule has 5 aromatic carbocycles. The maximum atomic E-state index is 4.41. The number of aromatic nitrogens is 4. The van der Waals surface area contributed by atoms with Gasteiger partial charge in [0.1, 0.15) is 0 Å². The smallest absolute Gasteiger partial charge is 0.0942 e. The van der Waals surface area contributed by atoms with Gasteiger partial charge in [-0.25, -0.2) is 0 Å². The average Bonchev–Trinajstić information content (AvgIpc) is 2.87. The summed E-state index contributed by atoms with van der Waals surface area (Å²) < 4.78 is 0. The maximum Gasteiger partial charge on any atom is 0.0942 e. The second-order valence-electron chi connectivity index (χ2n) is 8.03. The first-order chi connectivity index (χ1) is 15.9. The third kappa shape index (κ3) is 2.44. The van der Waals surface area contributed by atoms with Gasteiger partial charge >= 0.3 is 0 Å². The Morgan fingerprint density at radius 2 is 0.906 bits per heavy atom. The topological polar surface area (TPSA) is 51.6 Å². The molecule has 3 aromatic heterocycles. The molecule has 0 aliphatic rings. The van der Waals surface area contributed by atoms with Crippen LogP contribution in [-0.4, -0.2) is 20.2 Å². The number of benzene rings is 5. The molecule has 4 heteroatoms. The Labute approximate surface area is 182 Å². The summed E-state index contributed by atoms with van der Waals surface area (Å²) >= 11 is 0. The lowest BCUT2D eigenvalue weighted by molar-refractivity contribution is 1.09. The minimum Gasteiger partial charge on any atom is -0.256 e. The molecule has 0 radical (unpaired) electrons. The van der Waals surface area contributed by atoms with E-state index in [0.717, 1.165) is 21.9 Å². The summed E-state index contributed by atoms with van der Waals surface area (Å²) in [6.45, 7) is 0. The Hall–Kier alpha value is -4.44. The van der Waals surface area contributed by atoms with Gasteiger partial charge in [0, 0.05) is 33.9 Å². The maximum absolute atomic E-state index is 4.41. The van der Waals surface area contributed by atoms with Crippen LogP contribution in [-0.2, 0) is 0 Å². The van der Waals surface area contributed by atoms with Gasteiger partial charge in [-0.1, -0.05) is 48.5 Å². The summed E-state index contributed by atoms with van der Waals surface area (Å²) in [6.07, 6.45) is 5.54. The van der Waals surface area contributed by atoms with Crippen LogP contribution in [0, 0.1) is 0 Å². The van der Waals surface area contributed by atoms with Gasteiger partial charge in [0.05, 0.1) is 22.7 Å². The second-order valence-corrected chi connectivity index (χ2v) is 8.03. The van der Waals surface area contributed by atoms with Gasteiger partial charge in [0.2, 0.25) is 0 Å². The van der Waals surface area contributed by atoms with Crippen molar-refractivity contribution < 1.29 is 0 Å². The van der Waals surface area contributed by atoms with Crippen LogP contribution in [0.15, 0.2) is 97.5 Å². The van der Waals surface area contributed by atoms with E-state index in [1.165, 1.54) is 43.1 Å². The van der Waals surface area contributed by atoms with Crippen LogP contribution in [0.4, 0.5) is 0 Å². The van der Waals surface area contributed by atoms with E-state index in [-0.39, 0.29) is 0 Å². The van der Waals surface area contributed by atoms with E-state index in [1.807, 2.05) is 36.8 Å². The molecule has 8 aromatic rings. The molecule has 0 aliphatic heterocycles. The third-order valence-electron chi connectivity index (χ3n) is 6.27. The molecule has 0 amide bonds. The van der Waals surface area contributed by atoms with Crippen LogP contribution < -0.4 is 0 Å². The zero-order valence-electron chi connectivity index (χ0n) is 17.0. The Balaban J connectivity index is 0.000000113. The first-order valence-electron chi connectivity index (χ1n) is 10.6. The average molecular weight is 408 g/mol. The molecule has 0 saturated carbocycles. The molecule has 4 nitrogen and oxygen atoms in total. The van der Waals surface area contributed by atoms with Crippen LogP contribution in [0.1, 0.15) is 0 Å². The van der Waals surface area contributed by atoms with Crippen LogP contribution in [0.25, 0.3) is 65.0 Å². The van der Waals surface area contributed by atoms with Crippen molar-refractivity contribution >= 4 is 65.0 Å². The Kier molecular flexibility index (Phi) is 3.52. The molecule has 0 saturated heterocycles. The molecule has 0 unspecified atom stereocenters. The van der Waals surface area contributed by atoms with Crippen molar-refractivity contribution in [1.29, 1.82) is 0 Å². The van der Waals surface area contributed by atoms with Crippen LogP contribution in [0.5, 0.6) is 0 Å². The molecule has 32 heavy (non-hydrogen) atoms. The monoisotopic (exact) mass is 408 g/mol. The lowest BCUT2D eigenvalue weighted by Crippen LogP contribution is -1.87. The van der Waals surface area contributed by atoms with E-state index < -0.39 is 0 Å². The first-order valence-corrected chi connectivity index (χ1v) is 10.6. The van der Waals surface area contributed by atoms with Crippen molar-refractivity contribution in [2.24, 2.45) is 0 Å². The number of rotatable bonds is 0. The summed E-state index contributed by atoms with van der Waals surface area (Å²) in [5.74, 6) is 0. The number of hydrogen-bond acceptors (Lipinski definition) is 4. The Morgan fingerprint density at radius 1 is 0.406 bits per heavy atom. The quantitative estimate of drug-likeness (QED) is 0.261. The van der Waals surface area contributed by atoms with E-state index in [2.05, 4.69) is 80.8 Å². The molecule has 0 atom stereocenters. The summed E-state index contributed by atoms with van der Waals surface area (Å²) in [6, 6.07) is 27.2. The Morgan fingerprint density at radius 3 is 1.56 bits per heavy atom.